The number of aromatic nitrogens is 1. The average molecular weight is 284 g/mol. The maximum Gasteiger partial charge on any atom is 0.0483 e. The molecule has 2 nitrogen and oxygen atoms in total. The van der Waals surface area contributed by atoms with Gasteiger partial charge in [-0.1, -0.05) is 12.1 Å². The molecular weight excluding hydrogens is 264 g/mol. The molecule has 0 aliphatic carbocycles. The molecule has 20 heavy (non-hydrogen) atoms. The summed E-state index contributed by atoms with van der Waals surface area (Å²) in [5, 5.41) is 7.02. The zero-order chi connectivity index (χ0) is 13.9. The monoisotopic (exact) mass is 284 g/mol. The van der Waals surface area contributed by atoms with Gasteiger partial charge in [0.25, 0.3) is 0 Å². The Morgan fingerprint density at radius 2 is 2.05 bits per heavy atom. The van der Waals surface area contributed by atoms with Crippen molar-refractivity contribution in [2.75, 3.05) is 6.54 Å². The molecule has 3 rings (SSSR count). The molecule has 0 aliphatic heterocycles. The van der Waals surface area contributed by atoms with Crippen molar-refractivity contribution in [2.24, 2.45) is 0 Å². The van der Waals surface area contributed by atoms with Gasteiger partial charge in [0.1, 0.15) is 0 Å². The third kappa shape index (κ3) is 2.79. The molecule has 3 heteroatoms. The highest BCUT2D eigenvalue weighted by atomic mass is 32.1. The number of benzene rings is 1. The van der Waals surface area contributed by atoms with Gasteiger partial charge in [-0.2, -0.15) is 0 Å². The highest BCUT2D eigenvalue weighted by molar-refractivity contribution is 7.10. The van der Waals surface area contributed by atoms with E-state index < -0.39 is 0 Å². The summed E-state index contributed by atoms with van der Waals surface area (Å²) >= 11 is 1.83. The summed E-state index contributed by atoms with van der Waals surface area (Å²) in [5.74, 6) is 0. The molecule has 0 atom stereocenters. The van der Waals surface area contributed by atoms with E-state index in [4.69, 9.17) is 0 Å². The summed E-state index contributed by atoms with van der Waals surface area (Å²) in [6.45, 7) is 7.30. The van der Waals surface area contributed by atoms with Gasteiger partial charge in [-0.25, -0.2) is 0 Å². The number of nitrogens with one attached hydrogen (secondary N) is 1. The Balaban J connectivity index is 1.60. The van der Waals surface area contributed by atoms with Crippen molar-refractivity contribution in [1.82, 2.24) is 9.88 Å². The van der Waals surface area contributed by atoms with E-state index in [0.29, 0.717) is 0 Å². The van der Waals surface area contributed by atoms with Crippen molar-refractivity contribution in [3.8, 4) is 0 Å². The van der Waals surface area contributed by atoms with E-state index in [-0.39, 0.29) is 0 Å². The molecule has 2 aromatic heterocycles. The maximum atomic E-state index is 3.54. The lowest BCUT2D eigenvalue weighted by molar-refractivity contribution is 0.612. The van der Waals surface area contributed by atoms with Crippen LogP contribution in [0.3, 0.4) is 0 Å². The Morgan fingerprint density at radius 1 is 1.15 bits per heavy atom. The van der Waals surface area contributed by atoms with E-state index >= 15 is 0 Å². The minimum absolute atomic E-state index is 0.974. The van der Waals surface area contributed by atoms with Gasteiger partial charge in [0.05, 0.1) is 0 Å². The van der Waals surface area contributed by atoms with Gasteiger partial charge < -0.3 is 9.88 Å². The molecule has 0 amide bonds. The van der Waals surface area contributed by atoms with Gasteiger partial charge in [0, 0.05) is 36.2 Å². The molecule has 0 bridgehead atoms. The minimum atomic E-state index is 0.974. The van der Waals surface area contributed by atoms with Crippen molar-refractivity contribution in [3.05, 3.63) is 57.9 Å². The van der Waals surface area contributed by atoms with Crippen LogP contribution in [0.2, 0.25) is 0 Å². The number of hydrogen-bond donors (Lipinski definition) is 1. The molecule has 104 valence electrons. The van der Waals surface area contributed by atoms with Crippen LogP contribution in [0.25, 0.3) is 10.9 Å². The van der Waals surface area contributed by atoms with E-state index in [9.17, 15) is 0 Å². The second kappa shape index (κ2) is 5.81. The van der Waals surface area contributed by atoms with E-state index in [2.05, 4.69) is 65.6 Å². The highest BCUT2D eigenvalue weighted by Crippen LogP contribution is 2.17. The zero-order valence-corrected chi connectivity index (χ0v) is 12.8. The molecule has 0 saturated heterocycles. The Morgan fingerprint density at radius 3 is 2.85 bits per heavy atom. The first-order chi connectivity index (χ1) is 9.74. The van der Waals surface area contributed by atoms with Crippen LogP contribution < -0.4 is 5.32 Å². The Labute approximate surface area is 124 Å². The smallest absolute Gasteiger partial charge is 0.0483 e. The standard InChI is InChI=1S/C17H20N2S/c1-13-3-4-15-5-8-19(16(15)11-13)9-7-18-12-17-14(2)6-10-20-17/h3-6,8,10-11,18H,7,9,12H2,1-2H3. The van der Waals surface area contributed by atoms with Gasteiger partial charge in [0.15, 0.2) is 0 Å². The van der Waals surface area contributed by atoms with Crippen molar-refractivity contribution in [1.29, 1.82) is 0 Å². The van der Waals surface area contributed by atoms with E-state index in [1.54, 1.807) is 0 Å². The van der Waals surface area contributed by atoms with Crippen LogP contribution in [-0.2, 0) is 13.1 Å². The number of aryl methyl sites for hydroxylation is 2. The third-order valence-electron chi connectivity index (χ3n) is 3.71. The first-order valence-electron chi connectivity index (χ1n) is 7.03. The van der Waals surface area contributed by atoms with Crippen LogP contribution >= 0.6 is 11.3 Å². The average Bonchev–Trinajstić information content (AvgIpc) is 3.01. The number of hydrogen-bond acceptors (Lipinski definition) is 2. The van der Waals surface area contributed by atoms with Gasteiger partial charge in [0.2, 0.25) is 0 Å². The number of fused-ring (bicyclic) bond motifs is 1. The topological polar surface area (TPSA) is 17.0 Å². The summed E-state index contributed by atoms with van der Waals surface area (Å²) in [6.07, 6.45) is 2.18. The first kappa shape index (κ1) is 13.4. The van der Waals surface area contributed by atoms with Gasteiger partial charge in [-0.15, -0.1) is 11.3 Å². The predicted molar refractivity (Wildman–Crippen MR) is 87.4 cm³/mol. The third-order valence-corrected chi connectivity index (χ3v) is 4.74. The highest BCUT2D eigenvalue weighted by Gasteiger charge is 2.02. The van der Waals surface area contributed by atoms with Crippen molar-refractivity contribution >= 4 is 22.2 Å². The lowest BCUT2D eigenvalue weighted by Gasteiger charge is -2.07. The van der Waals surface area contributed by atoms with E-state index in [1.165, 1.54) is 26.9 Å². The largest absolute Gasteiger partial charge is 0.346 e. The second-order valence-electron chi connectivity index (χ2n) is 5.27. The fourth-order valence-electron chi connectivity index (χ4n) is 2.48. The molecule has 0 fully saturated rings. The van der Waals surface area contributed by atoms with Gasteiger partial charge in [-0.05, 0) is 53.9 Å². The molecule has 1 aromatic carbocycles. The van der Waals surface area contributed by atoms with Gasteiger partial charge in [-0.3, -0.25) is 0 Å². The summed E-state index contributed by atoms with van der Waals surface area (Å²) in [7, 11) is 0. The normalized spacial score (nSPS) is 11.3. The first-order valence-corrected chi connectivity index (χ1v) is 7.91. The molecular formula is C17H20N2S. The van der Waals surface area contributed by atoms with Crippen LogP contribution in [0.15, 0.2) is 41.9 Å². The summed E-state index contributed by atoms with van der Waals surface area (Å²) in [5.41, 5.74) is 4.04. The Kier molecular flexibility index (Phi) is 3.90. The number of rotatable bonds is 5. The molecule has 1 N–H and O–H groups in total. The summed E-state index contributed by atoms with van der Waals surface area (Å²) in [4.78, 5) is 1.44. The SMILES string of the molecule is Cc1ccc2ccn(CCNCc3sccc3C)c2c1. The van der Waals surface area contributed by atoms with Crippen LogP contribution in [0, 0.1) is 13.8 Å². The zero-order valence-electron chi connectivity index (χ0n) is 12.0. The van der Waals surface area contributed by atoms with Crippen LogP contribution in [0.4, 0.5) is 0 Å². The lowest BCUT2D eigenvalue weighted by Crippen LogP contribution is -2.19. The molecule has 2 heterocycles. The number of nitrogens with zero attached hydrogens (tertiary/aromatic N) is 1. The summed E-state index contributed by atoms with van der Waals surface area (Å²) in [6, 6.07) is 11.0. The van der Waals surface area contributed by atoms with Crippen molar-refractivity contribution < 1.29 is 0 Å². The van der Waals surface area contributed by atoms with Crippen molar-refractivity contribution in [3.63, 3.8) is 0 Å². The van der Waals surface area contributed by atoms with E-state index in [1.807, 2.05) is 11.3 Å². The minimum Gasteiger partial charge on any atom is -0.346 e. The van der Waals surface area contributed by atoms with Gasteiger partial charge >= 0.3 is 0 Å². The summed E-state index contributed by atoms with van der Waals surface area (Å²) < 4.78 is 2.33. The van der Waals surface area contributed by atoms with Crippen LogP contribution in [-0.4, -0.2) is 11.1 Å². The Bertz CT molecular complexity index is 709. The molecule has 0 spiro atoms. The molecule has 0 saturated carbocycles. The van der Waals surface area contributed by atoms with Crippen LogP contribution in [0.1, 0.15) is 16.0 Å². The van der Waals surface area contributed by atoms with E-state index in [0.717, 1.165) is 19.6 Å². The number of thiophene rings is 1. The lowest BCUT2D eigenvalue weighted by atomic mass is 10.2. The quantitative estimate of drug-likeness (QED) is 0.698. The van der Waals surface area contributed by atoms with Crippen LogP contribution in [0.5, 0.6) is 0 Å². The fraction of sp³-hybridized carbons (Fsp3) is 0.294. The molecule has 0 radical (unpaired) electrons. The molecule has 0 aliphatic rings. The second-order valence-corrected chi connectivity index (χ2v) is 6.28. The Hall–Kier alpha value is -1.58. The van der Waals surface area contributed by atoms with Crippen molar-refractivity contribution in [2.45, 2.75) is 26.9 Å². The molecule has 0 unspecified atom stereocenters. The predicted octanol–water partition coefficient (Wildman–Crippen LogP) is 4.11. The maximum absolute atomic E-state index is 3.54. The molecule has 3 aromatic rings. The fourth-order valence-corrected chi connectivity index (χ4v) is 3.35.